The van der Waals surface area contributed by atoms with Crippen LogP contribution in [0.15, 0.2) is 91.6 Å². The standard InChI is InChI=1S/C14H14BrF3N4O2.C14H12BrF3N4O.C10H5BrF3N3O2.C4H11NO.Cl2OS/c1-13(2,7-23)20-12(24)9-5-10(14(16,17)18)22(21-9)11-4-3-8(15)6-19-11;1-13(2)7-23-12(20-13)9-5-10(14(16,17)18)22(21-9)11-4-3-8(15)6-19-11;11-5-1-2-8(15-4-5)17-7(10(12,13)14)3-6(16-17)9(18)19;1-4(2,5)3-6;1-4(2)3/h3-6,23H,7H2,1-2H3,(H,20,24);3-6H,7H2,1-2H3;1-4H,(H,18,19);6H,3,5H2,1-2H3;. The van der Waals surface area contributed by atoms with Crippen LogP contribution in [0.1, 0.15) is 85.3 Å². The van der Waals surface area contributed by atoms with Crippen LogP contribution in [0.4, 0.5) is 39.5 Å². The molecule has 0 aromatic carbocycles. The Morgan fingerprint density at radius 1 is 0.697 bits per heavy atom. The average Bonchev–Trinajstić information content (AvgIpc) is 4.12. The predicted octanol–water partition coefficient (Wildman–Crippen LogP) is 9.66. The number of aliphatic hydroxyl groups is 2. The van der Waals surface area contributed by atoms with Crippen molar-refractivity contribution in [2.75, 3.05) is 19.8 Å². The summed E-state index contributed by atoms with van der Waals surface area (Å²) in [6, 6.07) is 10.7. The number of aliphatic imine (C=N–C) groups is 1. The lowest BCUT2D eigenvalue weighted by atomic mass is 10.1. The molecule has 1 amide bonds. The van der Waals surface area contributed by atoms with Gasteiger partial charge in [-0.3, -0.25) is 4.79 Å². The summed E-state index contributed by atoms with van der Waals surface area (Å²) in [5, 5.41) is 39.7. The number of carboxylic acids is 1. The number of nitrogens with zero attached hydrogens (tertiary/aromatic N) is 10. The molecule has 1 aliphatic heterocycles. The SMILES string of the molecule is CC(C)(CO)NC(=O)c1cc(C(F)(F)F)n(-c2ccc(Br)cn2)n1.CC(C)(N)CO.CC1(C)COC(c2cc(C(F)(F)F)n(-c3ccc(Br)cn3)n2)=N1.O=C(O)c1cc(C(F)(F)F)n(-c2ccc(Br)cn2)n1.O=S(Cl)Cl. The van der Waals surface area contributed by atoms with Crippen molar-refractivity contribution < 1.29 is 73.4 Å². The molecule has 0 unspecified atom stereocenters. The van der Waals surface area contributed by atoms with Crippen LogP contribution in [0.25, 0.3) is 17.5 Å². The number of nitrogens with two attached hydrogens (primary N) is 1. The minimum Gasteiger partial charge on any atom is -0.476 e. The van der Waals surface area contributed by atoms with E-state index in [1.165, 1.54) is 62.8 Å². The first-order valence-corrected chi connectivity index (χ1v) is 25.9. The van der Waals surface area contributed by atoms with Crippen molar-refractivity contribution in [1.82, 2.24) is 49.6 Å². The molecule has 7 heterocycles. The maximum absolute atomic E-state index is 13.3. The smallest absolute Gasteiger partial charge is 0.433 e. The lowest BCUT2D eigenvalue weighted by Gasteiger charge is -2.22. The Kier molecular flexibility index (Phi) is 22.7. The number of carbonyl (C=O) groups excluding carboxylic acids is 1. The lowest BCUT2D eigenvalue weighted by molar-refractivity contribution is -0.143. The molecule has 7 rings (SSSR count). The number of aromatic carboxylic acids is 1. The van der Waals surface area contributed by atoms with Gasteiger partial charge in [-0.1, -0.05) is 0 Å². The zero-order valence-electron chi connectivity index (χ0n) is 39.8. The molecular weight excluding hydrogens is 1300 g/mol. The molecule has 6 aromatic heterocycles. The van der Waals surface area contributed by atoms with Crippen LogP contribution in [0.3, 0.4) is 0 Å². The van der Waals surface area contributed by atoms with Crippen molar-refractivity contribution in [3.05, 3.63) is 121 Å². The summed E-state index contributed by atoms with van der Waals surface area (Å²) >= 11 is 9.43. The highest BCUT2D eigenvalue weighted by molar-refractivity contribution is 9.11. The molecule has 0 saturated heterocycles. The number of hydrogen-bond donors (Lipinski definition) is 5. The Bertz CT molecular complexity index is 2970. The highest BCUT2D eigenvalue weighted by Crippen LogP contribution is 2.34. The molecule has 34 heteroatoms. The zero-order chi connectivity index (χ0) is 57.9. The number of nitrogens with one attached hydrogen (secondary N) is 1. The molecule has 19 nitrogen and oxygen atoms in total. The molecule has 0 fully saturated rings. The number of amides is 1. The van der Waals surface area contributed by atoms with E-state index in [0.717, 1.165) is 10.7 Å². The van der Waals surface area contributed by atoms with Crippen LogP contribution >= 0.6 is 69.2 Å². The van der Waals surface area contributed by atoms with Crippen molar-refractivity contribution in [3.63, 3.8) is 0 Å². The quantitative estimate of drug-likeness (QED) is 0.0667. The fourth-order valence-electron chi connectivity index (χ4n) is 5.20. The number of ether oxygens (including phenoxy) is 1. The van der Waals surface area contributed by atoms with Gasteiger partial charge >= 0.3 is 24.5 Å². The third kappa shape index (κ3) is 20.4. The number of aromatic nitrogens is 9. The number of pyridine rings is 3. The molecule has 0 saturated carbocycles. The minimum atomic E-state index is -4.73. The summed E-state index contributed by atoms with van der Waals surface area (Å²) < 4.78 is 136. The number of rotatable bonds is 9. The van der Waals surface area contributed by atoms with Crippen molar-refractivity contribution in [1.29, 1.82) is 0 Å². The second-order valence-corrected chi connectivity index (χ2v) is 22.4. The number of carbonyl (C=O) groups is 2. The number of alkyl halides is 9. The molecule has 76 heavy (non-hydrogen) atoms. The maximum Gasteiger partial charge on any atom is 0.433 e. The van der Waals surface area contributed by atoms with Crippen molar-refractivity contribution >= 4 is 96.2 Å². The zero-order valence-corrected chi connectivity index (χ0v) is 46.9. The van der Waals surface area contributed by atoms with E-state index in [9.17, 15) is 49.1 Å². The van der Waals surface area contributed by atoms with Gasteiger partial charge in [0.2, 0.25) is 15.1 Å². The molecule has 416 valence electrons. The van der Waals surface area contributed by atoms with Crippen LogP contribution in [0.5, 0.6) is 0 Å². The first-order valence-electron chi connectivity index (χ1n) is 20.7. The van der Waals surface area contributed by atoms with E-state index in [4.69, 9.17) is 30.0 Å². The van der Waals surface area contributed by atoms with Crippen LogP contribution in [0.2, 0.25) is 0 Å². The summed E-state index contributed by atoms with van der Waals surface area (Å²) in [7, 11) is 7.36. The summed E-state index contributed by atoms with van der Waals surface area (Å²) in [4.78, 5) is 38.7. The lowest BCUT2D eigenvalue weighted by Crippen LogP contribution is -2.46. The van der Waals surface area contributed by atoms with E-state index < -0.39 is 84.7 Å². The van der Waals surface area contributed by atoms with Gasteiger partial charge in [-0.05, 0) is 126 Å². The number of aliphatic hydroxyl groups excluding tert-OH is 2. The Balaban J connectivity index is 0.000000276. The monoisotopic (exact) mass is 1340 g/mol. The molecule has 1 aliphatic rings. The summed E-state index contributed by atoms with van der Waals surface area (Å²) in [5.41, 5.74) is -0.921. The Morgan fingerprint density at radius 2 is 1.05 bits per heavy atom. The fourth-order valence-corrected chi connectivity index (χ4v) is 5.90. The van der Waals surface area contributed by atoms with Gasteiger partial charge < -0.3 is 31.1 Å². The number of carboxylic acid groups (broad SMARTS) is 1. The van der Waals surface area contributed by atoms with Crippen molar-refractivity contribution in [3.8, 4) is 17.5 Å². The molecule has 0 bridgehead atoms. The Labute approximate surface area is 461 Å². The minimum absolute atomic E-state index is 0.0348. The molecule has 6 aromatic rings. The van der Waals surface area contributed by atoms with Gasteiger partial charge in [-0.2, -0.15) is 54.8 Å². The van der Waals surface area contributed by atoms with Gasteiger partial charge in [0.05, 0.1) is 24.3 Å². The molecular formula is C42H42Br3Cl2F9N12O7S. The van der Waals surface area contributed by atoms with Gasteiger partial charge in [0.15, 0.2) is 45.9 Å². The molecule has 6 N–H and O–H groups in total. The fraction of sp³-hybridized carbons (Fsp3) is 0.357. The van der Waals surface area contributed by atoms with Gasteiger partial charge in [0.25, 0.3) is 5.91 Å². The summed E-state index contributed by atoms with van der Waals surface area (Å²) in [6.07, 6.45) is -10.00. The number of hydrogen-bond acceptors (Lipinski definition) is 14. The van der Waals surface area contributed by atoms with Crippen LogP contribution < -0.4 is 11.1 Å². The Hall–Kier alpha value is -5.09. The third-order valence-electron chi connectivity index (χ3n) is 8.68. The normalized spacial score (nSPS) is 13.3. The van der Waals surface area contributed by atoms with E-state index in [1.807, 2.05) is 13.8 Å². The highest BCUT2D eigenvalue weighted by atomic mass is 79.9. The molecule has 0 radical (unpaired) electrons. The largest absolute Gasteiger partial charge is 0.476 e. The van der Waals surface area contributed by atoms with Crippen molar-refractivity contribution in [2.24, 2.45) is 10.7 Å². The van der Waals surface area contributed by atoms with Crippen LogP contribution in [0, 0.1) is 0 Å². The summed E-state index contributed by atoms with van der Waals surface area (Å²) in [6.45, 7) is 10.2. The first kappa shape index (κ1) is 65.2. The predicted molar refractivity (Wildman–Crippen MR) is 270 cm³/mol. The van der Waals surface area contributed by atoms with Crippen LogP contribution in [-0.4, -0.2) is 118 Å². The Morgan fingerprint density at radius 3 is 1.36 bits per heavy atom. The molecule has 0 atom stereocenters. The van der Waals surface area contributed by atoms with E-state index in [2.05, 4.69) is 110 Å². The second kappa shape index (κ2) is 26.5. The van der Waals surface area contributed by atoms with E-state index in [-0.39, 0.29) is 42.3 Å². The number of halogens is 14. The topological polar surface area (TPSA) is 264 Å². The van der Waals surface area contributed by atoms with Gasteiger partial charge in [0, 0.05) is 77.1 Å². The van der Waals surface area contributed by atoms with Gasteiger partial charge in [0.1, 0.15) is 12.3 Å². The van der Waals surface area contributed by atoms with Gasteiger partial charge in [-0.15, -0.1) is 0 Å². The van der Waals surface area contributed by atoms with E-state index in [1.54, 1.807) is 19.9 Å². The summed E-state index contributed by atoms with van der Waals surface area (Å²) in [5.74, 6) is -2.40. The van der Waals surface area contributed by atoms with Gasteiger partial charge in [-0.25, -0.2) is 43.0 Å². The van der Waals surface area contributed by atoms with Crippen LogP contribution in [-0.2, 0) is 32.5 Å². The van der Waals surface area contributed by atoms with E-state index >= 15 is 0 Å². The average molecular weight is 1340 g/mol. The van der Waals surface area contributed by atoms with E-state index in [0.29, 0.717) is 41.5 Å². The third-order valence-corrected chi connectivity index (χ3v) is 10.1. The molecule has 0 aliphatic carbocycles. The van der Waals surface area contributed by atoms with Crippen molar-refractivity contribution in [2.45, 2.75) is 76.7 Å². The maximum atomic E-state index is 13.3. The molecule has 0 spiro atoms. The first-order chi connectivity index (χ1) is 34.8. The highest BCUT2D eigenvalue weighted by Gasteiger charge is 2.40. The second-order valence-electron chi connectivity index (χ2n) is 17.1.